The molecule has 0 radical (unpaired) electrons. The second-order valence-corrected chi connectivity index (χ2v) is 3.43. The van der Waals surface area contributed by atoms with E-state index < -0.39 is 0 Å². The van der Waals surface area contributed by atoms with Crippen LogP contribution < -0.4 is 11.5 Å². The minimum Gasteiger partial charge on any atom is -0.403 e. The van der Waals surface area contributed by atoms with Crippen molar-refractivity contribution in [2.24, 2.45) is 22.8 Å². The Morgan fingerprint density at radius 2 is 2.09 bits per heavy atom. The molecule has 1 aliphatic rings. The predicted molar refractivity (Wildman–Crippen MR) is 44.5 cm³/mol. The Morgan fingerprint density at radius 1 is 1.55 bits per heavy atom. The van der Waals surface area contributed by atoms with Gasteiger partial charge in [0.15, 0.2) is 0 Å². The van der Waals surface area contributed by atoms with Crippen molar-refractivity contribution in [2.45, 2.75) is 13.8 Å². The summed E-state index contributed by atoms with van der Waals surface area (Å²) in [6, 6.07) is 0. The Morgan fingerprint density at radius 3 is 2.18 bits per heavy atom. The van der Waals surface area contributed by atoms with Gasteiger partial charge >= 0.3 is 0 Å². The third kappa shape index (κ3) is 1.09. The average molecular weight is 156 g/mol. The van der Waals surface area contributed by atoms with E-state index in [1.165, 1.54) is 6.20 Å². The molecule has 0 aliphatic carbocycles. The number of hydrogen-bond acceptors (Lipinski definition) is 3. The summed E-state index contributed by atoms with van der Waals surface area (Å²) in [5, 5.41) is 0. The van der Waals surface area contributed by atoms with Gasteiger partial charge in [-0.15, -0.1) is 0 Å². The van der Waals surface area contributed by atoms with Crippen LogP contribution in [0.15, 0.2) is 11.9 Å². The molecule has 1 heterocycles. The molecule has 0 aromatic carbocycles. The summed E-state index contributed by atoms with van der Waals surface area (Å²) in [4.78, 5) is 0. The van der Waals surface area contributed by atoms with Crippen molar-refractivity contribution in [3.8, 4) is 0 Å². The average Bonchev–Trinajstić information content (AvgIpc) is 1.84. The van der Waals surface area contributed by atoms with E-state index in [2.05, 4.69) is 13.8 Å². The minimum absolute atomic E-state index is 0.0226. The van der Waals surface area contributed by atoms with Crippen LogP contribution in [-0.2, 0) is 4.74 Å². The van der Waals surface area contributed by atoms with E-state index in [0.717, 1.165) is 5.70 Å². The number of ether oxygens (including phenoxy) is 1. The molecule has 1 saturated heterocycles. The lowest BCUT2D eigenvalue weighted by atomic mass is 9.73. The lowest BCUT2D eigenvalue weighted by molar-refractivity contribution is -0.115. The van der Waals surface area contributed by atoms with Gasteiger partial charge in [0.25, 0.3) is 0 Å². The summed E-state index contributed by atoms with van der Waals surface area (Å²) in [6.07, 6.45) is 1.49. The van der Waals surface area contributed by atoms with Crippen LogP contribution in [0.4, 0.5) is 0 Å². The zero-order valence-electron chi connectivity index (χ0n) is 7.13. The molecule has 1 fully saturated rings. The van der Waals surface area contributed by atoms with Crippen LogP contribution in [0.5, 0.6) is 0 Å². The van der Waals surface area contributed by atoms with Gasteiger partial charge in [0.1, 0.15) is 0 Å². The van der Waals surface area contributed by atoms with E-state index in [1.54, 1.807) is 0 Å². The Hall–Kier alpha value is -0.700. The standard InChI is InChI=1S/C8H16N2O/c1-6(2)8(4-11-5-8)7(10)3-9/h3,6H,4-5,9-10H2,1-2H3. The van der Waals surface area contributed by atoms with Gasteiger partial charge in [0.2, 0.25) is 0 Å². The first kappa shape index (κ1) is 8.40. The van der Waals surface area contributed by atoms with Crippen molar-refractivity contribution in [1.82, 2.24) is 0 Å². The molecule has 0 bridgehead atoms. The predicted octanol–water partition coefficient (Wildman–Crippen LogP) is 0.418. The summed E-state index contributed by atoms with van der Waals surface area (Å²) in [5.74, 6) is 0.496. The van der Waals surface area contributed by atoms with Crippen LogP contribution in [0, 0.1) is 11.3 Å². The summed E-state index contributed by atoms with van der Waals surface area (Å²) in [7, 11) is 0. The Kier molecular flexibility index (Phi) is 2.09. The zero-order valence-corrected chi connectivity index (χ0v) is 7.13. The number of nitrogens with two attached hydrogens (primary N) is 2. The van der Waals surface area contributed by atoms with Crippen LogP contribution in [0.3, 0.4) is 0 Å². The summed E-state index contributed by atoms with van der Waals surface area (Å²) in [6.45, 7) is 5.70. The van der Waals surface area contributed by atoms with Crippen molar-refractivity contribution < 1.29 is 4.74 Å². The molecule has 0 aromatic heterocycles. The smallest absolute Gasteiger partial charge is 0.0602 e. The largest absolute Gasteiger partial charge is 0.403 e. The molecule has 11 heavy (non-hydrogen) atoms. The topological polar surface area (TPSA) is 61.3 Å². The van der Waals surface area contributed by atoms with Crippen molar-refractivity contribution >= 4 is 0 Å². The fourth-order valence-electron chi connectivity index (χ4n) is 1.32. The molecule has 0 atom stereocenters. The maximum absolute atomic E-state index is 5.77. The van der Waals surface area contributed by atoms with Crippen molar-refractivity contribution in [2.75, 3.05) is 13.2 Å². The molecule has 0 unspecified atom stereocenters. The normalized spacial score (nSPS) is 23.4. The maximum Gasteiger partial charge on any atom is 0.0602 e. The van der Waals surface area contributed by atoms with Gasteiger partial charge in [-0.1, -0.05) is 13.8 Å². The van der Waals surface area contributed by atoms with Gasteiger partial charge in [0.05, 0.1) is 18.6 Å². The van der Waals surface area contributed by atoms with Gasteiger partial charge < -0.3 is 16.2 Å². The molecular formula is C8H16N2O. The van der Waals surface area contributed by atoms with Crippen LogP contribution >= 0.6 is 0 Å². The first-order chi connectivity index (χ1) is 5.13. The first-order valence-electron chi connectivity index (χ1n) is 3.89. The quantitative estimate of drug-likeness (QED) is 0.609. The van der Waals surface area contributed by atoms with Crippen LogP contribution in [-0.4, -0.2) is 13.2 Å². The van der Waals surface area contributed by atoms with E-state index >= 15 is 0 Å². The Balaban J connectivity index is 2.76. The van der Waals surface area contributed by atoms with Crippen LogP contribution in [0.25, 0.3) is 0 Å². The molecule has 1 aliphatic heterocycles. The molecule has 64 valence electrons. The molecular weight excluding hydrogens is 140 g/mol. The van der Waals surface area contributed by atoms with Gasteiger partial charge in [-0.05, 0) is 5.92 Å². The third-order valence-corrected chi connectivity index (χ3v) is 2.58. The highest BCUT2D eigenvalue weighted by Crippen LogP contribution is 2.39. The second kappa shape index (κ2) is 2.74. The van der Waals surface area contributed by atoms with Gasteiger partial charge in [0, 0.05) is 11.9 Å². The van der Waals surface area contributed by atoms with Crippen molar-refractivity contribution in [3.05, 3.63) is 11.9 Å². The summed E-state index contributed by atoms with van der Waals surface area (Å²) in [5.41, 5.74) is 11.9. The second-order valence-electron chi connectivity index (χ2n) is 3.43. The fraction of sp³-hybridized carbons (Fsp3) is 0.750. The molecule has 0 spiro atoms. The molecule has 1 rings (SSSR count). The van der Waals surface area contributed by atoms with Gasteiger partial charge in [-0.25, -0.2) is 0 Å². The summed E-state index contributed by atoms with van der Waals surface area (Å²) >= 11 is 0. The highest BCUT2D eigenvalue weighted by molar-refractivity contribution is 5.14. The lowest BCUT2D eigenvalue weighted by Gasteiger charge is -2.45. The zero-order chi connectivity index (χ0) is 8.48. The van der Waals surface area contributed by atoms with Crippen molar-refractivity contribution in [1.29, 1.82) is 0 Å². The van der Waals surface area contributed by atoms with Crippen LogP contribution in [0.2, 0.25) is 0 Å². The van der Waals surface area contributed by atoms with E-state index in [-0.39, 0.29) is 5.41 Å². The minimum atomic E-state index is 0.0226. The van der Waals surface area contributed by atoms with Crippen LogP contribution in [0.1, 0.15) is 13.8 Å². The van der Waals surface area contributed by atoms with E-state index in [4.69, 9.17) is 16.2 Å². The van der Waals surface area contributed by atoms with Crippen molar-refractivity contribution in [3.63, 3.8) is 0 Å². The van der Waals surface area contributed by atoms with E-state index in [0.29, 0.717) is 19.1 Å². The maximum atomic E-state index is 5.77. The fourth-order valence-corrected chi connectivity index (χ4v) is 1.32. The summed E-state index contributed by atoms with van der Waals surface area (Å²) < 4.78 is 5.15. The highest BCUT2D eigenvalue weighted by Gasteiger charge is 2.43. The first-order valence-corrected chi connectivity index (χ1v) is 3.89. The molecule has 0 amide bonds. The SMILES string of the molecule is CC(C)C1(C(N)=CN)COC1. The lowest BCUT2D eigenvalue weighted by Crippen LogP contribution is -2.50. The molecule has 0 aromatic rings. The van der Waals surface area contributed by atoms with E-state index in [1.807, 2.05) is 0 Å². The van der Waals surface area contributed by atoms with Gasteiger partial charge in [-0.3, -0.25) is 0 Å². The highest BCUT2D eigenvalue weighted by atomic mass is 16.5. The molecule has 0 saturated carbocycles. The Labute approximate surface area is 67.4 Å². The molecule has 3 heteroatoms. The van der Waals surface area contributed by atoms with E-state index in [9.17, 15) is 0 Å². The Bertz CT molecular complexity index is 171. The number of rotatable bonds is 2. The van der Waals surface area contributed by atoms with Gasteiger partial charge in [-0.2, -0.15) is 0 Å². The molecule has 4 N–H and O–H groups in total. The number of hydrogen-bond donors (Lipinski definition) is 2. The monoisotopic (exact) mass is 156 g/mol. The molecule has 3 nitrogen and oxygen atoms in total. The third-order valence-electron chi connectivity index (χ3n) is 2.58.